The number of nitrogens with one attached hydrogen (secondary N) is 2. The average Bonchev–Trinajstić information content (AvgIpc) is 3.16. The van der Waals surface area contributed by atoms with Crippen molar-refractivity contribution in [3.63, 3.8) is 0 Å². The summed E-state index contributed by atoms with van der Waals surface area (Å²) in [5, 5.41) is 7.86. The van der Waals surface area contributed by atoms with E-state index in [4.69, 9.17) is 4.74 Å². The molecule has 0 aliphatic carbocycles. The van der Waals surface area contributed by atoms with E-state index in [2.05, 4.69) is 20.5 Å². The van der Waals surface area contributed by atoms with Crippen LogP contribution >= 0.6 is 11.3 Å². The van der Waals surface area contributed by atoms with E-state index in [9.17, 15) is 4.79 Å². The van der Waals surface area contributed by atoms with Crippen LogP contribution in [0.5, 0.6) is 0 Å². The van der Waals surface area contributed by atoms with Crippen molar-refractivity contribution in [3.05, 3.63) is 46.3 Å². The first kappa shape index (κ1) is 16.7. The first-order chi connectivity index (χ1) is 11.7. The van der Waals surface area contributed by atoms with Crippen LogP contribution in [0.25, 0.3) is 0 Å². The van der Waals surface area contributed by atoms with E-state index in [1.165, 1.54) is 0 Å². The highest BCUT2D eigenvalue weighted by Gasteiger charge is 2.13. The first-order valence-corrected chi connectivity index (χ1v) is 8.96. The Hall–Kier alpha value is -2.12. The van der Waals surface area contributed by atoms with Crippen LogP contribution in [-0.4, -0.2) is 37.3 Å². The summed E-state index contributed by atoms with van der Waals surface area (Å²) in [6, 6.07) is 7.79. The molecule has 7 heteroatoms. The van der Waals surface area contributed by atoms with Gasteiger partial charge in [-0.25, -0.2) is 9.78 Å². The number of urea groups is 1. The van der Waals surface area contributed by atoms with Crippen LogP contribution in [0.4, 0.5) is 10.6 Å². The molecule has 1 aliphatic rings. The van der Waals surface area contributed by atoms with Crippen molar-refractivity contribution in [2.45, 2.75) is 19.5 Å². The van der Waals surface area contributed by atoms with E-state index in [1.807, 2.05) is 36.6 Å². The number of carbonyl (C=O) groups is 1. The highest BCUT2D eigenvalue weighted by atomic mass is 32.1. The molecule has 2 aromatic heterocycles. The van der Waals surface area contributed by atoms with E-state index >= 15 is 0 Å². The Morgan fingerprint density at radius 3 is 3.00 bits per heavy atom. The number of pyridine rings is 1. The smallest absolute Gasteiger partial charge is 0.315 e. The summed E-state index contributed by atoms with van der Waals surface area (Å²) in [7, 11) is 0. The van der Waals surface area contributed by atoms with Crippen molar-refractivity contribution in [2.75, 3.05) is 31.2 Å². The van der Waals surface area contributed by atoms with E-state index < -0.39 is 0 Å². The lowest BCUT2D eigenvalue weighted by Gasteiger charge is -2.28. The number of carbonyl (C=O) groups excluding carboxylic acids is 1. The maximum absolute atomic E-state index is 12.0. The summed E-state index contributed by atoms with van der Waals surface area (Å²) in [4.78, 5) is 19.8. The number of nitrogens with zero attached hydrogens (tertiary/aromatic N) is 2. The summed E-state index contributed by atoms with van der Waals surface area (Å²) in [6.45, 7) is 5.61. The van der Waals surface area contributed by atoms with Crippen molar-refractivity contribution in [3.8, 4) is 0 Å². The van der Waals surface area contributed by atoms with Gasteiger partial charge in [0.25, 0.3) is 0 Å². The first-order valence-electron chi connectivity index (χ1n) is 8.08. The minimum atomic E-state index is -0.166. The number of hydrogen-bond donors (Lipinski definition) is 2. The molecule has 0 spiro atoms. The SMILES string of the molecule is C[C@@H](NC(=O)NCc1ccnc(N2CCOCC2)c1)c1cccs1. The fourth-order valence-corrected chi connectivity index (χ4v) is 3.31. The van der Waals surface area contributed by atoms with E-state index in [0.29, 0.717) is 6.54 Å². The molecule has 1 aliphatic heterocycles. The average molecular weight is 346 g/mol. The lowest BCUT2D eigenvalue weighted by molar-refractivity contribution is 0.122. The van der Waals surface area contributed by atoms with Crippen molar-refractivity contribution >= 4 is 23.2 Å². The normalized spacial score (nSPS) is 15.8. The highest BCUT2D eigenvalue weighted by Crippen LogP contribution is 2.18. The molecule has 2 amide bonds. The summed E-state index contributed by atoms with van der Waals surface area (Å²) < 4.78 is 5.36. The van der Waals surface area contributed by atoms with Gasteiger partial charge in [0.15, 0.2) is 0 Å². The van der Waals surface area contributed by atoms with Gasteiger partial charge >= 0.3 is 6.03 Å². The Morgan fingerprint density at radius 2 is 2.25 bits per heavy atom. The molecule has 0 bridgehead atoms. The molecule has 6 nitrogen and oxygen atoms in total. The van der Waals surface area contributed by atoms with Gasteiger partial charge in [-0.1, -0.05) is 6.07 Å². The minimum Gasteiger partial charge on any atom is -0.378 e. The number of amides is 2. The molecule has 0 unspecified atom stereocenters. The van der Waals surface area contributed by atoms with Gasteiger partial charge in [-0.15, -0.1) is 11.3 Å². The molecule has 0 saturated carbocycles. The molecule has 3 heterocycles. The van der Waals surface area contributed by atoms with E-state index in [1.54, 1.807) is 17.5 Å². The van der Waals surface area contributed by atoms with Gasteiger partial charge in [0.05, 0.1) is 19.3 Å². The van der Waals surface area contributed by atoms with E-state index in [-0.39, 0.29) is 12.1 Å². The van der Waals surface area contributed by atoms with Crippen LogP contribution < -0.4 is 15.5 Å². The standard InChI is InChI=1S/C17H22N4O2S/c1-13(15-3-2-10-24-15)20-17(22)19-12-14-4-5-18-16(11-14)21-6-8-23-9-7-21/h2-5,10-11,13H,6-9,12H2,1H3,(H2,19,20,22)/t13-/m1/s1. The van der Waals surface area contributed by atoms with Crippen LogP contribution in [0.15, 0.2) is 35.8 Å². The summed E-state index contributed by atoms with van der Waals surface area (Å²) >= 11 is 1.64. The summed E-state index contributed by atoms with van der Waals surface area (Å²) in [5.41, 5.74) is 1.03. The Morgan fingerprint density at radius 1 is 1.42 bits per heavy atom. The number of ether oxygens (including phenoxy) is 1. The van der Waals surface area contributed by atoms with Crippen molar-refractivity contribution in [2.24, 2.45) is 0 Å². The molecule has 1 fully saturated rings. The maximum atomic E-state index is 12.0. The third kappa shape index (κ3) is 4.46. The second-order valence-corrected chi connectivity index (χ2v) is 6.67. The fourth-order valence-electron chi connectivity index (χ4n) is 2.57. The monoisotopic (exact) mass is 346 g/mol. The van der Waals surface area contributed by atoms with Gasteiger partial charge in [-0.3, -0.25) is 0 Å². The van der Waals surface area contributed by atoms with Crippen molar-refractivity contribution in [1.29, 1.82) is 0 Å². The lowest BCUT2D eigenvalue weighted by atomic mass is 10.2. The Labute approximate surface area is 145 Å². The second-order valence-electron chi connectivity index (χ2n) is 5.69. The van der Waals surface area contributed by atoms with Gasteiger partial charge in [0.2, 0.25) is 0 Å². The largest absolute Gasteiger partial charge is 0.378 e. The van der Waals surface area contributed by atoms with Gasteiger partial charge < -0.3 is 20.3 Å². The Bertz CT molecular complexity index is 656. The van der Waals surface area contributed by atoms with Crippen LogP contribution in [0, 0.1) is 0 Å². The van der Waals surface area contributed by atoms with Gasteiger partial charge in [0, 0.05) is 30.7 Å². The predicted molar refractivity (Wildman–Crippen MR) is 95.4 cm³/mol. The number of rotatable bonds is 5. The number of aromatic nitrogens is 1. The molecule has 3 rings (SSSR count). The van der Waals surface area contributed by atoms with Gasteiger partial charge in [0.1, 0.15) is 5.82 Å². The van der Waals surface area contributed by atoms with Crippen molar-refractivity contribution in [1.82, 2.24) is 15.6 Å². The van der Waals surface area contributed by atoms with Crippen LogP contribution in [-0.2, 0) is 11.3 Å². The van der Waals surface area contributed by atoms with Gasteiger partial charge in [-0.05, 0) is 36.1 Å². The number of hydrogen-bond acceptors (Lipinski definition) is 5. The quantitative estimate of drug-likeness (QED) is 0.873. The maximum Gasteiger partial charge on any atom is 0.315 e. The van der Waals surface area contributed by atoms with Crippen molar-refractivity contribution < 1.29 is 9.53 Å². The summed E-state index contributed by atoms with van der Waals surface area (Å²) in [6.07, 6.45) is 1.79. The molecule has 0 radical (unpaired) electrons. The van der Waals surface area contributed by atoms with Crippen LogP contribution in [0.3, 0.4) is 0 Å². The fraction of sp³-hybridized carbons (Fsp3) is 0.412. The topological polar surface area (TPSA) is 66.5 Å². The molecule has 1 saturated heterocycles. The second kappa shape index (κ2) is 8.12. The van der Waals surface area contributed by atoms with Crippen LogP contribution in [0.1, 0.15) is 23.4 Å². The molecular formula is C17H22N4O2S. The highest BCUT2D eigenvalue weighted by molar-refractivity contribution is 7.10. The number of anilines is 1. The third-order valence-corrected chi connectivity index (χ3v) is 4.97. The zero-order valence-corrected chi connectivity index (χ0v) is 14.5. The van der Waals surface area contributed by atoms with Crippen LogP contribution in [0.2, 0.25) is 0 Å². The number of morpholine rings is 1. The molecule has 1 atom stereocenters. The Balaban J connectivity index is 1.51. The predicted octanol–water partition coefficient (Wildman–Crippen LogP) is 2.54. The zero-order chi connectivity index (χ0) is 16.8. The zero-order valence-electron chi connectivity index (χ0n) is 13.7. The third-order valence-electron chi connectivity index (χ3n) is 3.92. The molecule has 0 aromatic carbocycles. The molecule has 24 heavy (non-hydrogen) atoms. The molecule has 2 aromatic rings. The van der Waals surface area contributed by atoms with Gasteiger partial charge in [-0.2, -0.15) is 0 Å². The number of thiophene rings is 1. The Kier molecular flexibility index (Phi) is 5.66. The lowest BCUT2D eigenvalue weighted by Crippen LogP contribution is -2.37. The minimum absolute atomic E-state index is 0.00588. The molecular weight excluding hydrogens is 324 g/mol. The molecule has 128 valence electrons. The van der Waals surface area contributed by atoms with E-state index in [0.717, 1.165) is 42.6 Å². The molecule has 2 N–H and O–H groups in total. The summed E-state index contributed by atoms with van der Waals surface area (Å²) in [5.74, 6) is 0.935.